The SMILES string of the molecule is COc1cc(CNC(=O)CCCCCCC(C)C)ccc1Oc1cc(C=O)cc(OC)c1O. The van der Waals surface area contributed by atoms with Gasteiger partial charge in [-0.1, -0.05) is 45.6 Å². The number of phenols is 1. The molecule has 2 N–H and O–H groups in total. The Hall–Kier alpha value is -3.22. The van der Waals surface area contributed by atoms with Gasteiger partial charge in [-0.05, 0) is 42.2 Å². The number of methoxy groups -OCH3 is 2. The van der Waals surface area contributed by atoms with Gasteiger partial charge in [0.05, 0.1) is 14.2 Å². The molecule has 180 valence electrons. The zero-order valence-electron chi connectivity index (χ0n) is 20.0. The maximum Gasteiger partial charge on any atom is 0.220 e. The Morgan fingerprint density at radius 2 is 1.67 bits per heavy atom. The minimum atomic E-state index is -0.217. The van der Waals surface area contributed by atoms with Crippen LogP contribution in [0.5, 0.6) is 28.7 Å². The molecule has 1 amide bonds. The van der Waals surface area contributed by atoms with Crippen LogP contribution in [0.3, 0.4) is 0 Å². The fourth-order valence-corrected chi connectivity index (χ4v) is 3.41. The van der Waals surface area contributed by atoms with Gasteiger partial charge in [0.15, 0.2) is 23.0 Å². The average molecular weight is 458 g/mol. The van der Waals surface area contributed by atoms with E-state index in [4.69, 9.17) is 14.2 Å². The lowest BCUT2D eigenvalue weighted by Gasteiger charge is -2.15. The Morgan fingerprint density at radius 3 is 2.33 bits per heavy atom. The van der Waals surface area contributed by atoms with Gasteiger partial charge in [0.1, 0.15) is 6.29 Å². The minimum Gasteiger partial charge on any atom is -0.502 e. The van der Waals surface area contributed by atoms with Crippen molar-refractivity contribution in [2.24, 2.45) is 5.92 Å². The number of carbonyl (C=O) groups is 2. The summed E-state index contributed by atoms with van der Waals surface area (Å²) in [5.41, 5.74) is 1.16. The monoisotopic (exact) mass is 457 g/mol. The molecular weight excluding hydrogens is 422 g/mol. The van der Waals surface area contributed by atoms with Crippen molar-refractivity contribution in [3.63, 3.8) is 0 Å². The Morgan fingerprint density at radius 1 is 0.970 bits per heavy atom. The Bertz CT molecular complexity index is 925. The van der Waals surface area contributed by atoms with Crippen molar-refractivity contribution in [1.29, 1.82) is 0 Å². The highest BCUT2D eigenvalue weighted by atomic mass is 16.5. The van der Waals surface area contributed by atoms with E-state index in [2.05, 4.69) is 19.2 Å². The molecule has 0 aliphatic heterocycles. The summed E-state index contributed by atoms with van der Waals surface area (Å²) in [7, 11) is 2.90. The quantitative estimate of drug-likeness (QED) is 0.282. The van der Waals surface area contributed by atoms with Crippen molar-refractivity contribution in [3.8, 4) is 28.7 Å². The number of aromatic hydroxyl groups is 1. The van der Waals surface area contributed by atoms with Gasteiger partial charge in [-0.2, -0.15) is 0 Å². The highest BCUT2D eigenvalue weighted by Gasteiger charge is 2.15. The molecule has 0 aliphatic rings. The molecule has 0 radical (unpaired) electrons. The molecule has 0 saturated heterocycles. The summed E-state index contributed by atoms with van der Waals surface area (Å²) in [6, 6.07) is 8.10. The molecule has 0 atom stereocenters. The van der Waals surface area contributed by atoms with Gasteiger partial charge in [-0.3, -0.25) is 9.59 Å². The molecule has 7 nitrogen and oxygen atoms in total. The maximum absolute atomic E-state index is 12.1. The zero-order valence-corrected chi connectivity index (χ0v) is 20.0. The lowest BCUT2D eigenvalue weighted by Crippen LogP contribution is -2.22. The number of aldehydes is 1. The summed E-state index contributed by atoms with van der Waals surface area (Å²) >= 11 is 0. The molecular formula is C26H35NO6. The third-order valence-corrected chi connectivity index (χ3v) is 5.29. The first-order valence-electron chi connectivity index (χ1n) is 11.4. The number of unbranched alkanes of at least 4 members (excludes halogenated alkanes) is 3. The van der Waals surface area contributed by atoms with Gasteiger partial charge in [-0.15, -0.1) is 0 Å². The fourth-order valence-electron chi connectivity index (χ4n) is 3.41. The van der Waals surface area contributed by atoms with E-state index in [0.717, 1.165) is 24.3 Å². The van der Waals surface area contributed by atoms with Crippen LogP contribution in [0.2, 0.25) is 0 Å². The van der Waals surface area contributed by atoms with Gasteiger partial charge in [0.2, 0.25) is 11.7 Å². The van der Waals surface area contributed by atoms with Crippen LogP contribution < -0.4 is 19.5 Å². The number of rotatable bonds is 14. The molecule has 2 aromatic carbocycles. The van der Waals surface area contributed by atoms with Crippen LogP contribution in [0.15, 0.2) is 30.3 Å². The van der Waals surface area contributed by atoms with Crippen LogP contribution in [0.1, 0.15) is 68.3 Å². The van der Waals surface area contributed by atoms with Gasteiger partial charge in [0, 0.05) is 18.5 Å². The van der Waals surface area contributed by atoms with E-state index >= 15 is 0 Å². The molecule has 0 aliphatic carbocycles. The average Bonchev–Trinajstić information content (AvgIpc) is 2.81. The second kappa shape index (κ2) is 13.4. The van der Waals surface area contributed by atoms with E-state index in [9.17, 15) is 14.7 Å². The van der Waals surface area contributed by atoms with E-state index in [1.807, 2.05) is 6.07 Å². The number of ether oxygens (including phenoxy) is 3. The molecule has 0 fully saturated rings. The highest BCUT2D eigenvalue weighted by molar-refractivity contribution is 5.78. The molecule has 0 aromatic heterocycles. The molecule has 2 aromatic rings. The fraction of sp³-hybridized carbons (Fsp3) is 0.462. The minimum absolute atomic E-state index is 0.0286. The van der Waals surface area contributed by atoms with Crippen LogP contribution >= 0.6 is 0 Å². The summed E-state index contributed by atoms with van der Waals surface area (Å²) < 4.78 is 16.3. The molecule has 0 heterocycles. The Balaban J connectivity index is 1.93. The summed E-state index contributed by atoms with van der Waals surface area (Å²) in [6.45, 7) is 4.84. The van der Waals surface area contributed by atoms with Crippen LogP contribution in [-0.2, 0) is 11.3 Å². The van der Waals surface area contributed by atoms with Gasteiger partial charge >= 0.3 is 0 Å². The van der Waals surface area contributed by atoms with Crippen molar-refractivity contribution < 1.29 is 28.9 Å². The van der Waals surface area contributed by atoms with Crippen molar-refractivity contribution in [2.75, 3.05) is 14.2 Å². The Labute approximate surface area is 196 Å². The molecule has 0 unspecified atom stereocenters. The topological polar surface area (TPSA) is 94.1 Å². The van der Waals surface area contributed by atoms with E-state index in [0.29, 0.717) is 36.3 Å². The first-order chi connectivity index (χ1) is 15.9. The summed E-state index contributed by atoms with van der Waals surface area (Å²) in [5.74, 6) is 1.54. The van der Waals surface area contributed by atoms with Gasteiger partial charge in [0.25, 0.3) is 0 Å². The third-order valence-electron chi connectivity index (χ3n) is 5.29. The van der Waals surface area contributed by atoms with Gasteiger partial charge < -0.3 is 24.6 Å². The molecule has 7 heteroatoms. The van der Waals surface area contributed by atoms with Gasteiger partial charge in [-0.25, -0.2) is 0 Å². The number of hydrogen-bond donors (Lipinski definition) is 2. The third kappa shape index (κ3) is 8.33. The van der Waals surface area contributed by atoms with E-state index < -0.39 is 0 Å². The molecule has 2 rings (SSSR count). The number of nitrogens with one attached hydrogen (secondary N) is 1. The standard InChI is InChI=1S/C26H35NO6/c1-18(2)9-7-5-6-8-10-25(29)27-16-19-11-12-21(22(13-19)31-3)33-24-15-20(17-28)14-23(32-4)26(24)30/h11-15,17-18,30H,5-10,16H2,1-4H3,(H,27,29). The summed E-state index contributed by atoms with van der Waals surface area (Å²) in [4.78, 5) is 23.3. The lowest BCUT2D eigenvalue weighted by atomic mass is 10.0. The van der Waals surface area contributed by atoms with Crippen LogP contribution in [0.25, 0.3) is 0 Å². The maximum atomic E-state index is 12.1. The first kappa shape index (κ1) is 26.0. The number of phenolic OH excluding ortho intramolecular Hbond substituents is 1. The highest BCUT2D eigenvalue weighted by Crippen LogP contribution is 2.41. The number of amides is 1. The smallest absolute Gasteiger partial charge is 0.220 e. The Kier molecular flexibility index (Phi) is 10.5. The number of benzene rings is 2. The summed E-state index contributed by atoms with van der Waals surface area (Å²) in [6.07, 6.45) is 6.76. The molecule has 0 spiro atoms. The predicted molar refractivity (Wildman–Crippen MR) is 128 cm³/mol. The van der Waals surface area contributed by atoms with Crippen molar-refractivity contribution >= 4 is 12.2 Å². The molecule has 0 saturated carbocycles. The second-order valence-corrected chi connectivity index (χ2v) is 8.40. The normalized spacial score (nSPS) is 10.7. The molecule has 0 bridgehead atoms. The number of hydrogen-bond acceptors (Lipinski definition) is 6. The van der Waals surface area contributed by atoms with Crippen LogP contribution in [0, 0.1) is 5.92 Å². The van der Waals surface area contributed by atoms with E-state index in [1.54, 1.807) is 12.1 Å². The van der Waals surface area contributed by atoms with E-state index in [-0.39, 0.29) is 23.2 Å². The first-order valence-corrected chi connectivity index (χ1v) is 11.4. The zero-order chi connectivity index (χ0) is 24.2. The van der Waals surface area contributed by atoms with Crippen LogP contribution in [-0.4, -0.2) is 31.5 Å². The van der Waals surface area contributed by atoms with Crippen molar-refractivity contribution in [2.45, 2.75) is 58.9 Å². The molecule has 33 heavy (non-hydrogen) atoms. The van der Waals surface area contributed by atoms with E-state index in [1.165, 1.54) is 45.6 Å². The van der Waals surface area contributed by atoms with Crippen molar-refractivity contribution in [3.05, 3.63) is 41.5 Å². The van der Waals surface area contributed by atoms with Crippen LogP contribution in [0.4, 0.5) is 0 Å². The largest absolute Gasteiger partial charge is 0.502 e. The predicted octanol–water partition coefficient (Wildman–Crippen LogP) is 5.63. The van der Waals surface area contributed by atoms with Crippen molar-refractivity contribution in [1.82, 2.24) is 5.32 Å². The summed E-state index contributed by atoms with van der Waals surface area (Å²) in [5, 5.41) is 13.3. The number of carbonyl (C=O) groups excluding carboxylic acids is 2. The second-order valence-electron chi connectivity index (χ2n) is 8.40. The lowest BCUT2D eigenvalue weighted by molar-refractivity contribution is -0.121.